The number of pyridine rings is 1. The molecule has 1 aliphatic rings. The summed E-state index contributed by atoms with van der Waals surface area (Å²) in [5.74, 6) is 0.829. The van der Waals surface area contributed by atoms with Crippen LogP contribution in [0.4, 0.5) is 5.82 Å². The fourth-order valence-electron chi connectivity index (χ4n) is 2.40. The van der Waals surface area contributed by atoms with Crippen molar-refractivity contribution >= 4 is 17.4 Å². The molecule has 4 nitrogen and oxygen atoms in total. The first kappa shape index (κ1) is 14.6. The van der Waals surface area contributed by atoms with Crippen molar-refractivity contribution in [1.29, 1.82) is 0 Å². The van der Waals surface area contributed by atoms with Crippen LogP contribution in [0.5, 0.6) is 0 Å². The molecule has 0 aromatic carbocycles. The summed E-state index contributed by atoms with van der Waals surface area (Å²) in [6.45, 7) is 2.50. The maximum atomic E-state index is 6.30. The number of hydrogen-bond acceptors (Lipinski definition) is 4. The van der Waals surface area contributed by atoms with Gasteiger partial charge in [-0.05, 0) is 37.9 Å². The Labute approximate surface area is 120 Å². The molecule has 1 atom stereocenters. The molecule has 106 valence electrons. The molecule has 5 heteroatoms. The summed E-state index contributed by atoms with van der Waals surface area (Å²) >= 11 is 6.30. The normalized spacial score (nSPS) is 19.4. The third-order valence-corrected chi connectivity index (χ3v) is 3.65. The number of nitrogens with one attached hydrogen (secondary N) is 1. The summed E-state index contributed by atoms with van der Waals surface area (Å²) in [5, 5.41) is 3.79. The monoisotopic (exact) mass is 283 g/mol. The molecule has 0 spiro atoms. The summed E-state index contributed by atoms with van der Waals surface area (Å²) in [4.78, 5) is 6.55. The summed E-state index contributed by atoms with van der Waals surface area (Å²) in [7, 11) is 3.93. The second-order valence-electron chi connectivity index (χ2n) is 5.05. The Bertz CT molecular complexity index is 408. The lowest BCUT2D eigenvalue weighted by Crippen LogP contribution is -2.33. The number of rotatable bonds is 5. The van der Waals surface area contributed by atoms with Crippen LogP contribution < -0.4 is 10.2 Å². The van der Waals surface area contributed by atoms with E-state index in [-0.39, 0.29) is 0 Å². The Morgan fingerprint density at radius 3 is 3.00 bits per heavy atom. The van der Waals surface area contributed by atoms with Crippen LogP contribution in [-0.2, 0) is 11.3 Å². The Morgan fingerprint density at radius 1 is 1.53 bits per heavy atom. The average molecular weight is 284 g/mol. The van der Waals surface area contributed by atoms with Crippen LogP contribution in [0.1, 0.15) is 24.8 Å². The van der Waals surface area contributed by atoms with Gasteiger partial charge in [-0.3, -0.25) is 0 Å². The molecule has 1 N–H and O–H groups in total. The van der Waals surface area contributed by atoms with Gasteiger partial charge in [0.2, 0.25) is 0 Å². The summed E-state index contributed by atoms with van der Waals surface area (Å²) < 4.78 is 5.75. The van der Waals surface area contributed by atoms with Gasteiger partial charge in [0, 0.05) is 32.9 Å². The Balaban J connectivity index is 1.99. The first-order valence-electron chi connectivity index (χ1n) is 6.82. The van der Waals surface area contributed by atoms with Gasteiger partial charge in [0.25, 0.3) is 0 Å². The van der Waals surface area contributed by atoms with Crippen LogP contribution in [-0.4, -0.2) is 38.3 Å². The molecular weight excluding hydrogens is 262 g/mol. The fraction of sp³-hybridized carbons (Fsp3) is 0.643. The van der Waals surface area contributed by atoms with Crippen LogP contribution in [0, 0.1) is 0 Å². The van der Waals surface area contributed by atoms with Crippen molar-refractivity contribution in [2.24, 2.45) is 0 Å². The third kappa shape index (κ3) is 4.06. The molecule has 0 saturated carbocycles. The molecule has 0 amide bonds. The Morgan fingerprint density at radius 2 is 2.37 bits per heavy atom. The van der Waals surface area contributed by atoms with Crippen LogP contribution in [0.25, 0.3) is 0 Å². The highest BCUT2D eigenvalue weighted by Crippen LogP contribution is 2.24. The van der Waals surface area contributed by atoms with Crippen molar-refractivity contribution in [3.63, 3.8) is 0 Å². The van der Waals surface area contributed by atoms with Crippen LogP contribution in [0.15, 0.2) is 12.3 Å². The molecule has 2 rings (SSSR count). The topological polar surface area (TPSA) is 37.4 Å². The maximum Gasteiger partial charge on any atom is 0.147 e. The van der Waals surface area contributed by atoms with E-state index in [1.807, 2.05) is 26.4 Å². The van der Waals surface area contributed by atoms with Gasteiger partial charge in [-0.2, -0.15) is 0 Å². The zero-order chi connectivity index (χ0) is 13.7. The van der Waals surface area contributed by atoms with Gasteiger partial charge in [0.15, 0.2) is 0 Å². The van der Waals surface area contributed by atoms with E-state index in [0.29, 0.717) is 11.1 Å². The van der Waals surface area contributed by atoms with Gasteiger partial charge in [0.05, 0.1) is 11.1 Å². The smallest absolute Gasteiger partial charge is 0.147 e. The number of hydrogen-bond donors (Lipinski definition) is 1. The molecule has 0 aliphatic carbocycles. The van der Waals surface area contributed by atoms with E-state index < -0.39 is 0 Å². The highest BCUT2D eigenvalue weighted by molar-refractivity contribution is 6.33. The highest BCUT2D eigenvalue weighted by atomic mass is 35.5. The molecule has 1 aliphatic heterocycles. The van der Waals surface area contributed by atoms with Gasteiger partial charge < -0.3 is 15.0 Å². The predicted molar refractivity (Wildman–Crippen MR) is 78.9 cm³/mol. The largest absolute Gasteiger partial charge is 0.376 e. The molecule has 1 unspecified atom stereocenters. The van der Waals surface area contributed by atoms with Crippen molar-refractivity contribution in [3.8, 4) is 0 Å². The Hall–Kier alpha value is -0.840. The molecule has 19 heavy (non-hydrogen) atoms. The van der Waals surface area contributed by atoms with Gasteiger partial charge in [-0.1, -0.05) is 11.6 Å². The Kier molecular flexibility index (Phi) is 5.43. The minimum absolute atomic E-state index is 0.300. The van der Waals surface area contributed by atoms with E-state index in [1.165, 1.54) is 12.8 Å². The van der Waals surface area contributed by atoms with Gasteiger partial charge in [-0.15, -0.1) is 0 Å². The quantitative estimate of drug-likeness (QED) is 0.901. The number of nitrogens with zero attached hydrogens (tertiary/aromatic N) is 2. The fourth-order valence-corrected chi connectivity index (χ4v) is 2.73. The summed E-state index contributed by atoms with van der Waals surface area (Å²) in [6, 6.07) is 1.97. The van der Waals surface area contributed by atoms with Crippen molar-refractivity contribution in [3.05, 3.63) is 22.8 Å². The summed E-state index contributed by atoms with van der Waals surface area (Å²) in [6.07, 6.45) is 5.72. The minimum atomic E-state index is 0.300. The second-order valence-corrected chi connectivity index (χ2v) is 5.46. The number of ether oxygens (including phenoxy) is 1. The molecule has 1 fully saturated rings. The van der Waals surface area contributed by atoms with E-state index in [0.717, 1.165) is 37.5 Å². The zero-order valence-electron chi connectivity index (χ0n) is 11.7. The highest BCUT2D eigenvalue weighted by Gasteiger charge is 2.18. The average Bonchev–Trinajstić information content (AvgIpc) is 2.40. The van der Waals surface area contributed by atoms with E-state index in [9.17, 15) is 0 Å². The lowest BCUT2D eigenvalue weighted by Gasteiger charge is -2.28. The number of likely N-dealkylation sites (N-methyl/N-ethyl adjacent to an activating group) is 1. The van der Waals surface area contributed by atoms with E-state index in [1.54, 1.807) is 0 Å². The van der Waals surface area contributed by atoms with Gasteiger partial charge in [0.1, 0.15) is 5.82 Å². The first-order chi connectivity index (χ1) is 9.20. The lowest BCUT2D eigenvalue weighted by atomic mass is 10.1. The predicted octanol–water partition coefficient (Wildman–Crippen LogP) is 2.46. The molecular formula is C14H22ClN3O. The number of halogens is 1. The molecule has 1 aromatic rings. The van der Waals surface area contributed by atoms with Crippen LogP contribution in [0.3, 0.4) is 0 Å². The van der Waals surface area contributed by atoms with E-state index >= 15 is 0 Å². The maximum absolute atomic E-state index is 6.30. The van der Waals surface area contributed by atoms with Crippen LogP contribution >= 0.6 is 11.6 Å². The van der Waals surface area contributed by atoms with E-state index in [4.69, 9.17) is 16.3 Å². The zero-order valence-corrected chi connectivity index (χ0v) is 12.4. The van der Waals surface area contributed by atoms with E-state index in [2.05, 4.69) is 15.2 Å². The molecule has 0 radical (unpaired) electrons. The van der Waals surface area contributed by atoms with Crippen molar-refractivity contribution in [2.45, 2.75) is 31.9 Å². The number of anilines is 1. The molecule has 1 saturated heterocycles. The van der Waals surface area contributed by atoms with Gasteiger partial charge >= 0.3 is 0 Å². The van der Waals surface area contributed by atoms with Crippen molar-refractivity contribution in [1.82, 2.24) is 10.3 Å². The minimum Gasteiger partial charge on any atom is -0.376 e. The molecule has 2 heterocycles. The summed E-state index contributed by atoms with van der Waals surface area (Å²) in [5.41, 5.74) is 1.10. The second kappa shape index (κ2) is 7.08. The third-order valence-electron chi connectivity index (χ3n) is 3.37. The molecule has 0 bridgehead atoms. The van der Waals surface area contributed by atoms with Gasteiger partial charge in [-0.25, -0.2) is 4.98 Å². The van der Waals surface area contributed by atoms with Crippen molar-refractivity contribution < 1.29 is 4.74 Å². The molecule has 1 aromatic heterocycles. The SMILES string of the molecule is CNCc1cnc(N(C)CC2CCCCO2)c(Cl)c1. The standard InChI is InChI=1S/C14H22ClN3O/c1-16-8-11-7-13(15)14(17-9-11)18(2)10-12-5-3-4-6-19-12/h7,9,12,16H,3-6,8,10H2,1-2H3. The van der Waals surface area contributed by atoms with Crippen LogP contribution in [0.2, 0.25) is 5.02 Å². The first-order valence-corrected chi connectivity index (χ1v) is 7.20. The lowest BCUT2D eigenvalue weighted by molar-refractivity contribution is 0.0215. The number of aromatic nitrogens is 1. The van der Waals surface area contributed by atoms with Crippen molar-refractivity contribution in [2.75, 3.05) is 32.1 Å².